The van der Waals surface area contributed by atoms with Crippen molar-refractivity contribution in [1.82, 2.24) is 19.8 Å². The summed E-state index contributed by atoms with van der Waals surface area (Å²) in [4.78, 5) is 7.61. The smallest absolute Gasteiger partial charge is 0.114 e. The van der Waals surface area contributed by atoms with Crippen molar-refractivity contribution in [3.05, 3.63) is 17.2 Å². The Hall–Kier alpha value is -0.870. The van der Waals surface area contributed by atoms with Crippen LogP contribution < -0.4 is 5.32 Å². The standard InChI is InChI=1S/C17H30N4/c1-5-20(13-6-7-13)10-11-21-15-8-9-18-12-14(15)19-16(21)17(2,3)4/h13,18H,5-12H2,1-4H3. The minimum absolute atomic E-state index is 0.119. The summed E-state index contributed by atoms with van der Waals surface area (Å²) in [5.41, 5.74) is 2.87. The molecule has 0 aromatic carbocycles. The van der Waals surface area contributed by atoms with Crippen LogP contribution in [0.2, 0.25) is 0 Å². The van der Waals surface area contributed by atoms with Gasteiger partial charge in [-0.05, 0) is 19.4 Å². The molecule has 1 N–H and O–H groups in total. The quantitative estimate of drug-likeness (QED) is 0.903. The van der Waals surface area contributed by atoms with Crippen molar-refractivity contribution in [1.29, 1.82) is 0 Å². The first-order chi connectivity index (χ1) is 10.0. The molecule has 0 saturated heterocycles. The summed E-state index contributed by atoms with van der Waals surface area (Å²) in [6.45, 7) is 14.6. The monoisotopic (exact) mass is 290 g/mol. The molecule has 118 valence electrons. The van der Waals surface area contributed by atoms with Gasteiger partial charge >= 0.3 is 0 Å². The lowest BCUT2D eigenvalue weighted by molar-refractivity contribution is 0.261. The van der Waals surface area contributed by atoms with Gasteiger partial charge in [0.25, 0.3) is 0 Å². The lowest BCUT2D eigenvalue weighted by Gasteiger charge is -2.25. The predicted octanol–water partition coefficient (Wildman–Crippen LogP) is 2.31. The van der Waals surface area contributed by atoms with E-state index in [1.807, 2.05) is 0 Å². The molecule has 1 aromatic heterocycles. The Morgan fingerprint density at radius 2 is 2.10 bits per heavy atom. The third-order valence-electron chi connectivity index (χ3n) is 4.74. The number of aromatic nitrogens is 2. The molecule has 1 saturated carbocycles. The molecular formula is C17H30N4. The molecule has 0 radical (unpaired) electrons. The first-order valence-corrected chi connectivity index (χ1v) is 8.54. The van der Waals surface area contributed by atoms with Crippen molar-refractivity contribution in [2.75, 3.05) is 19.6 Å². The molecule has 0 amide bonds. The van der Waals surface area contributed by atoms with Crippen molar-refractivity contribution in [2.45, 2.75) is 71.5 Å². The predicted molar refractivity (Wildman–Crippen MR) is 86.6 cm³/mol. The fourth-order valence-corrected chi connectivity index (χ4v) is 3.45. The molecule has 21 heavy (non-hydrogen) atoms. The summed E-state index contributed by atoms with van der Waals surface area (Å²) in [5.74, 6) is 1.27. The fourth-order valence-electron chi connectivity index (χ4n) is 3.45. The lowest BCUT2D eigenvalue weighted by atomic mass is 9.95. The zero-order valence-electron chi connectivity index (χ0n) is 14.1. The zero-order chi connectivity index (χ0) is 15.0. The highest BCUT2D eigenvalue weighted by Crippen LogP contribution is 2.28. The summed E-state index contributed by atoms with van der Waals surface area (Å²) < 4.78 is 2.53. The summed E-state index contributed by atoms with van der Waals surface area (Å²) in [7, 11) is 0. The molecule has 4 heteroatoms. The molecule has 0 atom stereocenters. The van der Waals surface area contributed by atoms with Crippen LogP contribution in [-0.2, 0) is 24.9 Å². The molecule has 0 bridgehead atoms. The van der Waals surface area contributed by atoms with E-state index in [-0.39, 0.29) is 5.41 Å². The van der Waals surface area contributed by atoms with Gasteiger partial charge in [-0.15, -0.1) is 0 Å². The Kier molecular flexibility index (Phi) is 4.10. The van der Waals surface area contributed by atoms with Crippen LogP contribution >= 0.6 is 0 Å². The molecule has 2 aliphatic rings. The van der Waals surface area contributed by atoms with Crippen LogP contribution in [0.15, 0.2) is 0 Å². The van der Waals surface area contributed by atoms with Crippen molar-refractivity contribution in [3.8, 4) is 0 Å². The number of fused-ring (bicyclic) bond motifs is 1. The van der Waals surface area contributed by atoms with Crippen LogP contribution in [0.1, 0.15) is 57.7 Å². The molecular weight excluding hydrogens is 260 g/mol. The molecule has 3 rings (SSSR count). The van der Waals surface area contributed by atoms with Crippen molar-refractivity contribution < 1.29 is 0 Å². The van der Waals surface area contributed by atoms with E-state index in [1.54, 1.807) is 0 Å². The largest absolute Gasteiger partial charge is 0.330 e. The van der Waals surface area contributed by atoms with E-state index in [1.165, 1.54) is 43.1 Å². The molecule has 4 nitrogen and oxygen atoms in total. The van der Waals surface area contributed by atoms with Crippen molar-refractivity contribution in [2.24, 2.45) is 0 Å². The van der Waals surface area contributed by atoms with Gasteiger partial charge < -0.3 is 9.88 Å². The minimum Gasteiger partial charge on any atom is -0.330 e. The van der Waals surface area contributed by atoms with E-state index in [4.69, 9.17) is 4.98 Å². The van der Waals surface area contributed by atoms with Crippen LogP contribution in [-0.4, -0.2) is 40.1 Å². The summed E-state index contributed by atoms with van der Waals surface area (Å²) in [6.07, 6.45) is 3.91. The summed E-state index contributed by atoms with van der Waals surface area (Å²) in [6, 6.07) is 0.856. The number of rotatable bonds is 5. The van der Waals surface area contributed by atoms with Crippen molar-refractivity contribution in [3.63, 3.8) is 0 Å². The summed E-state index contributed by atoms with van der Waals surface area (Å²) in [5, 5.41) is 3.45. The Morgan fingerprint density at radius 1 is 1.33 bits per heavy atom. The third-order valence-corrected chi connectivity index (χ3v) is 4.74. The van der Waals surface area contributed by atoms with Gasteiger partial charge in [0.2, 0.25) is 0 Å². The summed E-state index contributed by atoms with van der Waals surface area (Å²) >= 11 is 0. The van der Waals surface area contributed by atoms with E-state index >= 15 is 0 Å². The Morgan fingerprint density at radius 3 is 2.71 bits per heavy atom. The van der Waals surface area contributed by atoms with E-state index in [0.717, 1.165) is 32.1 Å². The second-order valence-electron chi connectivity index (χ2n) is 7.52. The number of nitrogens with zero attached hydrogens (tertiary/aromatic N) is 3. The average molecular weight is 290 g/mol. The Bertz CT molecular complexity index is 494. The number of hydrogen-bond donors (Lipinski definition) is 1. The first-order valence-electron chi connectivity index (χ1n) is 8.54. The molecule has 1 fully saturated rings. The lowest BCUT2D eigenvalue weighted by Crippen LogP contribution is -2.32. The van der Waals surface area contributed by atoms with Crippen LogP contribution in [0.5, 0.6) is 0 Å². The topological polar surface area (TPSA) is 33.1 Å². The highest BCUT2D eigenvalue weighted by atomic mass is 15.2. The van der Waals surface area contributed by atoms with Gasteiger partial charge in [0.15, 0.2) is 0 Å². The maximum absolute atomic E-state index is 4.97. The Balaban J connectivity index is 1.83. The van der Waals surface area contributed by atoms with Gasteiger partial charge in [-0.25, -0.2) is 4.98 Å². The zero-order valence-corrected chi connectivity index (χ0v) is 14.1. The number of hydrogen-bond acceptors (Lipinski definition) is 3. The minimum atomic E-state index is 0.119. The van der Waals surface area contributed by atoms with Crippen LogP contribution in [0, 0.1) is 0 Å². The van der Waals surface area contributed by atoms with Crippen LogP contribution in [0.4, 0.5) is 0 Å². The maximum atomic E-state index is 4.97. The van der Waals surface area contributed by atoms with E-state index in [2.05, 4.69) is 42.5 Å². The highest BCUT2D eigenvalue weighted by Gasteiger charge is 2.30. The van der Waals surface area contributed by atoms with Gasteiger partial charge in [-0.2, -0.15) is 0 Å². The SMILES string of the molecule is CCN(CCn1c(C(C)(C)C)nc2c1CCNC2)C1CC1. The van der Waals surface area contributed by atoms with Gasteiger partial charge in [-0.3, -0.25) is 4.90 Å². The number of nitrogens with one attached hydrogen (secondary N) is 1. The van der Waals surface area contributed by atoms with E-state index in [0.29, 0.717) is 0 Å². The van der Waals surface area contributed by atoms with Gasteiger partial charge in [0.1, 0.15) is 5.82 Å². The molecule has 2 heterocycles. The Labute approximate surface area is 128 Å². The average Bonchev–Trinajstić information content (AvgIpc) is 3.20. The normalized spacial score (nSPS) is 19.1. The van der Waals surface area contributed by atoms with Gasteiger partial charge in [0, 0.05) is 49.8 Å². The second kappa shape index (κ2) is 5.73. The fraction of sp³-hybridized carbons (Fsp3) is 0.824. The molecule has 1 aliphatic heterocycles. The van der Waals surface area contributed by atoms with Gasteiger partial charge in [-0.1, -0.05) is 27.7 Å². The second-order valence-corrected chi connectivity index (χ2v) is 7.52. The molecule has 0 spiro atoms. The maximum Gasteiger partial charge on any atom is 0.114 e. The number of imidazole rings is 1. The first kappa shape index (κ1) is 15.0. The third kappa shape index (κ3) is 3.16. The molecule has 1 aromatic rings. The van der Waals surface area contributed by atoms with E-state index < -0.39 is 0 Å². The van der Waals surface area contributed by atoms with Crippen molar-refractivity contribution >= 4 is 0 Å². The van der Waals surface area contributed by atoms with Crippen LogP contribution in [0.3, 0.4) is 0 Å². The molecule has 0 unspecified atom stereocenters. The molecule has 1 aliphatic carbocycles. The number of likely N-dealkylation sites (N-methyl/N-ethyl adjacent to an activating group) is 1. The highest BCUT2D eigenvalue weighted by molar-refractivity contribution is 5.23. The van der Waals surface area contributed by atoms with Gasteiger partial charge in [0.05, 0.1) is 5.69 Å². The van der Waals surface area contributed by atoms with E-state index in [9.17, 15) is 0 Å². The van der Waals surface area contributed by atoms with Crippen LogP contribution in [0.25, 0.3) is 0 Å².